The van der Waals surface area contributed by atoms with Crippen LogP contribution in [0.15, 0.2) is 59.5 Å². The van der Waals surface area contributed by atoms with E-state index >= 15 is 0 Å². The van der Waals surface area contributed by atoms with Crippen LogP contribution < -0.4 is 5.14 Å². The molecule has 0 aliphatic heterocycles. The highest BCUT2D eigenvalue weighted by Crippen LogP contribution is 2.43. The van der Waals surface area contributed by atoms with Crippen LogP contribution in [0.3, 0.4) is 0 Å². The van der Waals surface area contributed by atoms with Gasteiger partial charge in [-0.05, 0) is 61.1 Å². The molecule has 0 bridgehead atoms. The number of primary sulfonamides is 1. The Balaban J connectivity index is 1.73. The van der Waals surface area contributed by atoms with Gasteiger partial charge in [0.2, 0.25) is 10.0 Å². The van der Waals surface area contributed by atoms with E-state index in [0.717, 1.165) is 28.9 Å². The van der Waals surface area contributed by atoms with Crippen LogP contribution in [0.2, 0.25) is 0 Å². The predicted molar refractivity (Wildman–Crippen MR) is 119 cm³/mol. The van der Waals surface area contributed by atoms with E-state index in [2.05, 4.69) is 37.3 Å². The van der Waals surface area contributed by atoms with Gasteiger partial charge in [0.1, 0.15) is 4.83 Å². The van der Waals surface area contributed by atoms with Gasteiger partial charge < -0.3 is 0 Å². The molecule has 0 spiro atoms. The monoisotopic (exact) mass is 420 g/mol. The minimum Gasteiger partial charge on any atom is -0.237 e. The van der Waals surface area contributed by atoms with E-state index in [1.165, 1.54) is 51.1 Å². The highest BCUT2D eigenvalue weighted by atomic mass is 32.2. The molecule has 0 unspecified atom stereocenters. The number of sulfonamides is 1. The minimum atomic E-state index is -3.71. The first-order valence-corrected chi connectivity index (χ1v) is 11.9. The standard InChI is InChI=1S/C23H20N2O2S2/c1-14-5-7-15(8-6-14)19-13-20(16-9-11-17(12-10-16)29(24,26)27)25-23-22(19)18-3-2-4-21(18)28-23/h5-13H,2-4H2,1H3,(H2,24,26,27). The number of nitrogens with two attached hydrogens (primary N) is 1. The fourth-order valence-corrected chi connectivity index (χ4v) is 5.82. The van der Waals surface area contributed by atoms with Gasteiger partial charge in [-0.25, -0.2) is 18.5 Å². The number of aryl methyl sites for hydroxylation is 3. The number of rotatable bonds is 3. The first-order chi connectivity index (χ1) is 13.9. The maximum atomic E-state index is 11.6. The van der Waals surface area contributed by atoms with Gasteiger partial charge >= 0.3 is 0 Å². The van der Waals surface area contributed by atoms with Gasteiger partial charge in [0.15, 0.2) is 0 Å². The van der Waals surface area contributed by atoms with E-state index in [1.807, 2.05) is 0 Å². The number of hydrogen-bond acceptors (Lipinski definition) is 4. The summed E-state index contributed by atoms with van der Waals surface area (Å²) in [7, 11) is -3.71. The molecule has 2 heterocycles. The molecule has 4 nitrogen and oxygen atoms in total. The summed E-state index contributed by atoms with van der Waals surface area (Å²) in [6.45, 7) is 2.09. The van der Waals surface area contributed by atoms with Gasteiger partial charge in [0, 0.05) is 15.8 Å². The molecule has 2 aromatic heterocycles. The average Bonchev–Trinajstić information content (AvgIpc) is 3.28. The summed E-state index contributed by atoms with van der Waals surface area (Å²) in [5, 5.41) is 6.51. The highest BCUT2D eigenvalue weighted by Gasteiger charge is 2.22. The van der Waals surface area contributed by atoms with Crippen molar-refractivity contribution in [1.29, 1.82) is 0 Å². The molecule has 6 heteroatoms. The van der Waals surface area contributed by atoms with Gasteiger partial charge in [-0.1, -0.05) is 42.0 Å². The van der Waals surface area contributed by atoms with E-state index in [4.69, 9.17) is 10.1 Å². The lowest BCUT2D eigenvalue weighted by molar-refractivity contribution is 0.598. The van der Waals surface area contributed by atoms with Gasteiger partial charge in [-0.15, -0.1) is 11.3 Å². The fraction of sp³-hybridized carbons (Fsp3) is 0.174. The second-order valence-electron chi connectivity index (χ2n) is 7.53. The Morgan fingerprint density at radius 2 is 1.66 bits per heavy atom. The number of thiophene rings is 1. The maximum Gasteiger partial charge on any atom is 0.238 e. The quantitative estimate of drug-likeness (QED) is 0.503. The van der Waals surface area contributed by atoms with Crippen LogP contribution in [0.4, 0.5) is 0 Å². The average molecular weight is 421 g/mol. The summed E-state index contributed by atoms with van der Waals surface area (Å²) < 4.78 is 23.1. The molecule has 0 radical (unpaired) electrons. The van der Waals surface area contributed by atoms with E-state index < -0.39 is 10.0 Å². The Morgan fingerprint density at radius 1 is 0.966 bits per heavy atom. The first-order valence-electron chi connectivity index (χ1n) is 9.56. The molecule has 0 saturated heterocycles. The first kappa shape index (κ1) is 18.5. The SMILES string of the molecule is Cc1ccc(-c2cc(-c3ccc(S(N)(=O)=O)cc3)nc3sc4c(c23)CCC4)cc1. The zero-order chi connectivity index (χ0) is 20.2. The summed E-state index contributed by atoms with van der Waals surface area (Å²) in [5.41, 5.74) is 6.77. The Bertz CT molecular complexity index is 1340. The van der Waals surface area contributed by atoms with E-state index in [0.29, 0.717) is 0 Å². The van der Waals surface area contributed by atoms with Crippen molar-refractivity contribution in [2.24, 2.45) is 5.14 Å². The molecule has 146 valence electrons. The molecule has 0 saturated carbocycles. The van der Waals surface area contributed by atoms with Crippen LogP contribution >= 0.6 is 11.3 Å². The topological polar surface area (TPSA) is 73.1 Å². The van der Waals surface area contributed by atoms with Crippen molar-refractivity contribution in [2.45, 2.75) is 31.1 Å². The third-order valence-corrected chi connectivity index (χ3v) is 7.63. The van der Waals surface area contributed by atoms with Gasteiger partial charge in [-0.2, -0.15) is 0 Å². The Morgan fingerprint density at radius 3 is 2.34 bits per heavy atom. The Labute approximate surface area is 174 Å². The summed E-state index contributed by atoms with van der Waals surface area (Å²) in [6.07, 6.45) is 3.45. The molecule has 1 aliphatic carbocycles. The summed E-state index contributed by atoms with van der Waals surface area (Å²) in [6, 6.07) is 17.3. The number of pyridine rings is 1. The summed E-state index contributed by atoms with van der Waals surface area (Å²) >= 11 is 1.79. The minimum absolute atomic E-state index is 0.108. The van der Waals surface area contributed by atoms with Crippen LogP contribution in [0, 0.1) is 6.92 Å². The normalized spacial score (nSPS) is 13.7. The zero-order valence-corrected chi connectivity index (χ0v) is 17.6. The number of fused-ring (bicyclic) bond motifs is 3. The lowest BCUT2D eigenvalue weighted by Crippen LogP contribution is -2.11. The molecule has 5 rings (SSSR count). The molecule has 1 aliphatic rings. The number of nitrogens with zero attached hydrogens (tertiary/aromatic N) is 1. The van der Waals surface area contributed by atoms with Crippen molar-refractivity contribution in [3.05, 3.63) is 70.6 Å². The van der Waals surface area contributed by atoms with Gasteiger partial charge in [-0.3, -0.25) is 0 Å². The Kier molecular flexibility index (Phi) is 4.31. The third-order valence-electron chi connectivity index (χ3n) is 5.52. The van der Waals surface area contributed by atoms with Crippen molar-refractivity contribution in [3.8, 4) is 22.4 Å². The maximum absolute atomic E-state index is 11.6. The second kappa shape index (κ2) is 6.76. The molecule has 0 amide bonds. The van der Waals surface area contributed by atoms with Crippen molar-refractivity contribution in [2.75, 3.05) is 0 Å². The largest absolute Gasteiger partial charge is 0.238 e. The van der Waals surface area contributed by atoms with Gasteiger partial charge in [0.25, 0.3) is 0 Å². The third kappa shape index (κ3) is 3.27. The van der Waals surface area contributed by atoms with Crippen LogP contribution in [-0.2, 0) is 22.9 Å². The summed E-state index contributed by atoms with van der Waals surface area (Å²) in [5.74, 6) is 0. The van der Waals surface area contributed by atoms with E-state index in [1.54, 1.807) is 23.5 Å². The molecule has 0 atom stereocenters. The molecule has 0 fully saturated rings. The van der Waals surface area contributed by atoms with Crippen molar-refractivity contribution < 1.29 is 8.42 Å². The van der Waals surface area contributed by atoms with Crippen molar-refractivity contribution in [3.63, 3.8) is 0 Å². The summed E-state index contributed by atoms with van der Waals surface area (Å²) in [4.78, 5) is 7.55. The molecule has 2 aromatic carbocycles. The van der Waals surface area contributed by atoms with Crippen LogP contribution in [0.5, 0.6) is 0 Å². The Hall–Kier alpha value is -2.54. The molecular formula is C23H20N2O2S2. The molecule has 4 aromatic rings. The van der Waals surface area contributed by atoms with E-state index in [-0.39, 0.29) is 4.90 Å². The molecule has 2 N–H and O–H groups in total. The lowest BCUT2D eigenvalue weighted by Gasteiger charge is -2.10. The smallest absolute Gasteiger partial charge is 0.237 e. The van der Waals surface area contributed by atoms with Crippen LogP contribution in [0.25, 0.3) is 32.6 Å². The second-order valence-corrected chi connectivity index (χ2v) is 10.2. The molecule has 29 heavy (non-hydrogen) atoms. The van der Waals surface area contributed by atoms with E-state index in [9.17, 15) is 8.42 Å². The fourth-order valence-electron chi connectivity index (χ4n) is 4.02. The number of hydrogen-bond donors (Lipinski definition) is 1. The highest BCUT2D eigenvalue weighted by molar-refractivity contribution is 7.89. The van der Waals surface area contributed by atoms with Crippen LogP contribution in [0.1, 0.15) is 22.4 Å². The predicted octanol–water partition coefficient (Wildman–Crippen LogP) is 5.07. The number of benzene rings is 2. The molecular weight excluding hydrogens is 400 g/mol. The van der Waals surface area contributed by atoms with Crippen LogP contribution in [-0.4, -0.2) is 13.4 Å². The lowest BCUT2D eigenvalue weighted by atomic mass is 9.97. The van der Waals surface area contributed by atoms with Crippen molar-refractivity contribution in [1.82, 2.24) is 4.98 Å². The zero-order valence-electron chi connectivity index (χ0n) is 16.0. The van der Waals surface area contributed by atoms with Gasteiger partial charge in [0.05, 0.1) is 10.6 Å². The number of aromatic nitrogens is 1. The van der Waals surface area contributed by atoms with Crippen molar-refractivity contribution >= 4 is 31.6 Å².